The van der Waals surface area contributed by atoms with Gasteiger partial charge in [-0.05, 0) is 12.8 Å². The average Bonchev–Trinajstić information content (AvgIpc) is 2.21. The van der Waals surface area contributed by atoms with Crippen LogP contribution >= 0.6 is 22.6 Å². The molecule has 0 rings (SSSR count). The Kier molecular flexibility index (Phi) is 9.66. The lowest BCUT2D eigenvalue weighted by Gasteiger charge is -2.04. The molecule has 5 heteroatoms. The predicted octanol–water partition coefficient (Wildman–Crippen LogP) is 3.08. The maximum Gasteiger partial charge on any atom is 0.316 e. The summed E-state index contributed by atoms with van der Waals surface area (Å²) in [4.78, 5) is 20.7. The molecule has 94 valence electrons. The number of hydrogen-bond donors (Lipinski definition) is 2. The molecular formula is C11H19IO4. The van der Waals surface area contributed by atoms with E-state index in [0.717, 1.165) is 44.9 Å². The Bertz CT molecular complexity index is 218. The normalized spacial score (nSPS) is 12.3. The van der Waals surface area contributed by atoms with E-state index in [2.05, 4.69) is 0 Å². The number of rotatable bonds is 10. The summed E-state index contributed by atoms with van der Waals surface area (Å²) in [5.41, 5.74) is 0. The second-order valence-corrected chi connectivity index (χ2v) is 5.36. The molecule has 0 bridgehead atoms. The van der Waals surface area contributed by atoms with Gasteiger partial charge in [-0.15, -0.1) is 0 Å². The number of alkyl halides is 1. The number of hydrogen-bond acceptors (Lipinski definition) is 2. The summed E-state index contributed by atoms with van der Waals surface area (Å²) < 4.78 is -0.274. The van der Waals surface area contributed by atoms with Crippen LogP contribution in [-0.4, -0.2) is 26.1 Å². The predicted molar refractivity (Wildman–Crippen MR) is 70.0 cm³/mol. The fourth-order valence-electron chi connectivity index (χ4n) is 1.43. The van der Waals surface area contributed by atoms with Gasteiger partial charge in [0.1, 0.15) is 3.92 Å². The van der Waals surface area contributed by atoms with Crippen LogP contribution in [0.2, 0.25) is 0 Å². The molecule has 1 unspecified atom stereocenters. The van der Waals surface area contributed by atoms with Crippen molar-refractivity contribution in [1.82, 2.24) is 0 Å². The Labute approximate surface area is 110 Å². The molecule has 0 aromatic rings. The van der Waals surface area contributed by atoms with Crippen molar-refractivity contribution in [3.8, 4) is 0 Å². The third-order valence-corrected chi connectivity index (χ3v) is 3.52. The van der Waals surface area contributed by atoms with Gasteiger partial charge in [0.15, 0.2) is 0 Å². The van der Waals surface area contributed by atoms with Crippen molar-refractivity contribution in [3.63, 3.8) is 0 Å². The summed E-state index contributed by atoms with van der Waals surface area (Å²) in [6, 6.07) is 0. The maximum absolute atomic E-state index is 10.5. The molecule has 16 heavy (non-hydrogen) atoms. The molecule has 0 aliphatic rings. The molecule has 0 saturated carbocycles. The average molecular weight is 342 g/mol. The summed E-state index contributed by atoms with van der Waals surface area (Å²) in [6.07, 6.45) is 6.80. The molecule has 2 N–H and O–H groups in total. The van der Waals surface area contributed by atoms with Crippen LogP contribution in [0.5, 0.6) is 0 Å². The van der Waals surface area contributed by atoms with Crippen LogP contribution in [0.25, 0.3) is 0 Å². The van der Waals surface area contributed by atoms with E-state index in [1.165, 1.54) is 0 Å². The summed E-state index contributed by atoms with van der Waals surface area (Å²) >= 11 is 1.95. The molecular weight excluding hydrogens is 323 g/mol. The third-order valence-electron chi connectivity index (χ3n) is 2.37. The second kappa shape index (κ2) is 9.86. The SMILES string of the molecule is O=C(O)CCCCCCCCC(I)C(=O)O. The van der Waals surface area contributed by atoms with Crippen molar-refractivity contribution >= 4 is 34.5 Å². The van der Waals surface area contributed by atoms with E-state index in [4.69, 9.17) is 10.2 Å². The quantitative estimate of drug-likeness (QED) is 0.363. The second-order valence-electron chi connectivity index (χ2n) is 3.86. The lowest BCUT2D eigenvalue weighted by atomic mass is 10.1. The highest BCUT2D eigenvalue weighted by Gasteiger charge is 2.11. The van der Waals surface area contributed by atoms with Crippen molar-refractivity contribution in [3.05, 3.63) is 0 Å². The largest absolute Gasteiger partial charge is 0.481 e. The first-order valence-corrected chi connectivity index (χ1v) is 6.87. The number of unbranched alkanes of at least 4 members (excludes halogenated alkanes) is 5. The smallest absolute Gasteiger partial charge is 0.316 e. The van der Waals surface area contributed by atoms with E-state index in [1.54, 1.807) is 0 Å². The van der Waals surface area contributed by atoms with Crippen LogP contribution in [0.15, 0.2) is 0 Å². The van der Waals surface area contributed by atoms with Crippen LogP contribution in [0.4, 0.5) is 0 Å². The first-order valence-electron chi connectivity index (χ1n) is 5.62. The zero-order valence-corrected chi connectivity index (χ0v) is 11.5. The van der Waals surface area contributed by atoms with E-state index < -0.39 is 11.9 Å². The number of carboxylic acid groups (broad SMARTS) is 2. The fraction of sp³-hybridized carbons (Fsp3) is 0.818. The minimum absolute atomic E-state index is 0.259. The first-order chi connectivity index (χ1) is 7.54. The molecule has 0 spiro atoms. The molecule has 0 saturated heterocycles. The summed E-state index contributed by atoms with van der Waals surface area (Å²) in [5.74, 6) is -1.46. The van der Waals surface area contributed by atoms with E-state index in [-0.39, 0.29) is 10.3 Å². The van der Waals surface area contributed by atoms with Crippen molar-refractivity contribution < 1.29 is 19.8 Å². The standard InChI is InChI=1S/C11H19IO4/c12-9(11(15)16)7-5-3-1-2-4-6-8-10(13)14/h9H,1-8H2,(H,13,14)(H,15,16). The number of aliphatic carboxylic acids is 2. The molecule has 0 aliphatic heterocycles. The number of carbonyl (C=O) groups is 2. The van der Waals surface area contributed by atoms with Gasteiger partial charge < -0.3 is 10.2 Å². The van der Waals surface area contributed by atoms with E-state index >= 15 is 0 Å². The van der Waals surface area contributed by atoms with Gasteiger partial charge in [0.25, 0.3) is 0 Å². The minimum Gasteiger partial charge on any atom is -0.481 e. The lowest BCUT2D eigenvalue weighted by Crippen LogP contribution is -2.11. The molecule has 0 aromatic heterocycles. The molecule has 0 radical (unpaired) electrons. The highest BCUT2D eigenvalue weighted by atomic mass is 127. The van der Waals surface area contributed by atoms with Gasteiger partial charge in [0.05, 0.1) is 0 Å². The van der Waals surface area contributed by atoms with Crippen LogP contribution in [0.1, 0.15) is 51.4 Å². The van der Waals surface area contributed by atoms with Crippen molar-refractivity contribution in [2.45, 2.75) is 55.3 Å². The number of carboxylic acids is 2. The van der Waals surface area contributed by atoms with Gasteiger partial charge in [-0.2, -0.15) is 0 Å². The first kappa shape index (κ1) is 15.7. The Hall–Kier alpha value is -0.330. The lowest BCUT2D eigenvalue weighted by molar-refractivity contribution is -0.137. The Morgan fingerprint density at radius 3 is 1.94 bits per heavy atom. The zero-order valence-electron chi connectivity index (χ0n) is 9.32. The summed E-state index contributed by atoms with van der Waals surface area (Å²) in [7, 11) is 0. The molecule has 4 nitrogen and oxygen atoms in total. The van der Waals surface area contributed by atoms with Gasteiger partial charge in [-0.3, -0.25) is 9.59 Å². The van der Waals surface area contributed by atoms with Crippen LogP contribution < -0.4 is 0 Å². The zero-order chi connectivity index (χ0) is 12.4. The number of halogens is 1. The molecule has 1 atom stereocenters. The molecule has 0 fully saturated rings. The highest BCUT2D eigenvalue weighted by Crippen LogP contribution is 2.14. The molecule has 0 aliphatic carbocycles. The molecule has 0 heterocycles. The van der Waals surface area contributed by atoms with Crippen LogP contribution in [0.3, 0.4) is 0 Å². The topological polar surface area (TPSA) is 74.6 Å². The van der Waals surface area contributed by atoms with Gasteiger partial charge in [0.2, 0.25) is 0 Å². The molecule has 0 aromatic carbocycles. The molecule has 0 amide bonds. The fourth-order valence-corrected chi connectivity index (χ4v) is 1.87. The van der Waals surface area contributed by atoms with Crippen molar-refractivity contribution in [2.24, 2.45) is 0 Å². The van der Waals surface area contributed by atoms with Gasteiger partial charge >= 0.3 is 11.9 Å². The van der Waals surface area contributed by atoms with E-state index in [9.17, 15) is 9.59 Å². The van der Waals surface area contributed by atoms with E-state index in [0.29, 0.717) is 0 Å². The van der Waals surface area contributed by atoms with Gasteiger partial charge in [-0.25, -0.2) is 0 Å². The van der Waals surface area contributed by atoms with E-state index in [1.807, 2.05) is 22.6 Å². The monoisotopic (exact) mass is 342 g/mol. The van der Waals surface area contributed by atoms with Gasteiger partial charge in [0, 0.05) is 6.42 Å². The summed E-state index contributed by atoms with van der Waals surface area (Å²) in [6.45, 7) is 0. The Morgan fingerprint density at radius 1 is 0.938 bits per heavy atom. The highest BCUT2D eigenvalue weighted by molar-refractivity contribution is 14.1. The third kappa shape index (κ3) is 10.2. The Balaban J connectivity index is 3.15. The Morgan fingerprint density at radius 2 is 1.44 bits per heavy atom. The maximum atomic E-state index is 10.5. The van der Waals surface area contributed by atoms with Gasteiger partial charge in [-0.1, -0.05) is 54.7 Å². The minimum atomic E-state index is -0.734. The van der Waals surface area contributed by atoms with Crippen molar-refractivity contribution in [1.29, 1.82) is 0 Å². The summed E-state index contributed by atoms with van der Waals surface area (Å²) in [5, 5.41) is 17.1. The van der Waals surface area contributed by atoms with Crippen LogP contribution in [-0.2, 0) is 9.59 Å². The van der Waals surface area contributed by atoms with Crippen molar-refractivity contribution in [2.75, 3.05) is 0 Å². The van der Waals surface area contributed by atoms with Crippen LogP contribution in [0, 0.1) is 0 Å².